The zero-order valence-corrected chi connectivity index (χ0v) is 21.4. The number of rotatable bonds is 7. The van der Waals surface area contributed by atoms with E-state index >= 15 is 0 Å². The molecule has 0 bridgehead atoms. The monoisotopic (exact) mass is 532 g/mol. The summed E-state index contributed by atoms with van der Waals surface area (Å²) < 4.78 is 8.50. The molecule has 1 aliphatic heterocycles. The Balaban J connectivity index is 1.22. The van der Waals surface area contributed by atoms with Gasteiger partial charge in [0.15, 0.2) is 0 Å². The number of ether oxygens (including phenoxy) is 1. The minimum absolute atomic E-state index is 0.0507. The average molecular weight is 533 g/mol. The van der Waals surface area contributed by atoms with Crippen molar-refractivity contribution in [2.24, 2.45) is 5.92 Å². The molecule has 0 radical (unpaired) electrons. The van der Waals surface area contributed by atoms with Crippen LogP contribution in [0.3, 0.4) is 0 Å². The van der Waals surface area contributed by atoms with Gasteiger partial charge in [-0.25, -0.2) is 4.98 Å². The summed E-state index contributed by atoms with van der Waals surface area (Å²) in [5.74, 6) is 2.04. The SMILES string of the molecule is COc1ccc(CNC(=O)C2CCN(Cc3nc4ccccc4n3-c3ccc(Br)cc3)CC2)cc1. The molecule has 1 saturated heterocycles. The lowest BCUT2D eigenvalue weighted by atomic mass is 9.96. The molecule has 0 aliphatic carbocycles. The number of para-hydroxylation sites is 2. The number of fused-ring (bicyclic) bond motifs is 1. The lowest BCUT2D eigenvalue weighted by Gasteiger charge is -2.31. The Morgan fingerprint density at radius 1 is 1.03 bits per heavy atom. The van der Waals surface area contributed by atoms with E-state index in [9.17, 15) is 4.79 Å². The summed E-state index contributed by atoms with van der Waals surface area (Å²) in [7, 11) is 1.65. The molecule has 1 N–H and O–H groups in total. The summed E-state index contributed by atoms with van der Waals surface area (Å²) in [6.45, 7) is 3.06. The number of benzene rings is 3. The number of hydrogen-bond donors (Lipinski definition) is 1. The van der Waals surface area contributed by atoms with Gasteiger partial charge in [0.05, 0.1) is 24.7 Å². The van der Waals surface area contributed by atoms with E-state index in [1.54, 1.807) is 7.11 Å². The van der Waals surface area contributed by atoms with Crippen molar-refractivity contribution in [1.82, 2.24) is 19.8 Å². The number of nitrogens with one attached hydrogen (secondary N) is 1. The molecule has 1 amide bonds. The number of imidazole rings is 1. The summed E-state index contributed by atoms with van der Waals surface area (Å²) in [5, 5.41) is 3.10. The first-order chi connectivity index (χ1) is 17.1. The smallest absolute Gasteiger partial charge is 0.223 e. The molecule has 4 aromatic rings. The third kappa shape index (κ3) is 5.41. The molecule has 0 atom stereocenters. The average Bonchev–Trinajstić information content (AvgIpc) is 3.26. The van der Waals surface area contributed by atoms with Crippen LogP contribution in [-0.4, -0.2) is 40.6 Å². The van der Waals surface area contributed by atoms with Crippen molar-refractivity contribution in [2.75, 3.05) is 20.2 Å². The highest BCUT2D eigenvalue weighted by Crippen LogP contribution is 2.26. The van der Waals surface area contributed by atoms with E-state index in [0.29, 0.717) is 6.54 Å². The molecule has 1 fully saturated rings. The largest absolute Gasteiger partial charge is 0.497 e. The zero-order valence-electron chi connectivity index (χ0n) is 19.8. The number of aromatic nitrogens is 2. The fraction of sp³-hybridized carbons (Fsp3) is 0.286. The van der Waals surface area contributed by atoms with Gasteiger partial charge in [-0.05, 0) is 80.0 Å². The maximum Gasteiger partial charge on any atom is 0.223 e. The molecule has 180 valence electrons. The second-order valence-electron chi connectivity index (χ2n) is 8.94. The van der Waals surface area contributed by atoms with Gasteiger partial charge < -0.3 is 10.1 Å². The van der Waals surface area contributed by atoms with E-state index in [4.69, 9.17) is 9.72 Å². The molecule has 6 nitrogen and oxygen atoms in total. The van der Waals surface area contributed by atoms with Crippen molar-refractivity contribution in [2.45, 2.75) is 25.9 Å². The van der Waals surface area contributed by atoms with Crippen LogP contribution in [0.5, 0.6) is 5.75 Å². The summed E-state index contributed by atoms with van der Waals surface area (Å²) in [6.07, 6.45) is 1.71. The molecule has 1 aromatic heterocycles. The van der Waals surface area contributed by atoms with E-state index in [2.05, 4.69) is 73.2 Å². The number of methoxy groups -OCH3 is 1. The van der Waals surface area contributed by atoms with E-state index in [1.807, 2.05) is 30.3 Å². The van der Waals surface area contributed by atoms with Crippen LogP contribution in [-0.2, 0) is 17.9 Å². The molecule has 7 heteroatoms. The Hall–Kier alpha value is -3.16. The first-order valence-electron chi connectivity index (χ1n) is 12.0. The van der Waals surface area contributed by atoms with Crippen LogP contribution in [0.1, 0.15) is 24.2 Å². The Labute approximate surface area is 214 Å². The van der Waals surface area contributed by atoms with Crippen molar-refractivity contribution in [3.63, 3.8) is 0 Å². The normalized spacial score (nSPS) is 14.8. The topological polar surface area (TPSA) is 59.4 Å². The fourth-order valence-electron chi connectivity index (χ4n) is 4.69. The highest BCUT2D eigenvalue weighted by atomic mass is 79.9. The maximum absolute atomic E-state index is 12.8. The number of amides is 1. The Morgan fingerprint density at radius 2 is 1.74 bits per heavy atom. The molecule has 0 spiro atoms. The number of carbonyl (C=O) groups excluding carboxylic acids is 1. The van der Waals surface area contributed by atoms with Gasteiger partial charge in [0, 0.05) is 22.6 Å². The van der Waals surface area contributed by atoms with Gasteiger partial charge in [-0.1, -0.05) is 40.2 Å². The van der Waals surface area contributed by atoms with Crippen LogP contribution in [0.4, 0.5) is 0 Å². The molecule has 0 saturated carbocycles. The standard InChI is InChI=1S/C28H29BrN4O2/c1-35-24-12-6-20(7-13-24)18-30-28(34)21-14-16-32(17-15-21)19-27-31-25-4-2-3-5-26(25)33(27)23-10-8-22(29)9-11-23/h2-13,21H,14-19H2,1H3,(H,30,34). The van der Waals surface area contributed by atoms with E-state index < -0.39 is 0 Å². The number of likely N-dealkylation sites (tertiary alicyclic amines) is 1. The number of carbonyl (C=O) groups is 1. The Kier molecular flexibility index (Phi) is 7.16. The molecule has 5 rings (SSSR count). The predicted octanol–water partition coefficient (Wildman–Crippen LogP) is 5.33. The summed E-state index contributed by atoms with van der Waals surface area (Å²) >= 11 is 3.53. The lowest BCUT2D eigenvalue weighted by Crippen LogP contribution is -2.40. The number of nitrogens with zero attached hydrogens (tertiary/aromatic N) is 3. The summed E-state index contributed by atoms with van der Waals surface area (Å²) in [4.78, 5) is 20.1. The first kappa shape index (κ1) is 23.6. The van der Waals surface area contributed by atoms with E-state index in [1.165, 1.54) is 0 Å². The Morgan fingerprint density at radius 3 is 2.46 bits per heavy atom. The molecule has 1 aliphatic rings. The van der Waals surface area contributed by atoms with Crippen LogP contribution < -0.4 is 10.1 Å². The second kappa shape index (κ2) is 10.6. The fourth-order valence-corrected chi connectivity index (χ4v) is 4.95. The molecule has 0 unspecified atom stereocenters. The number of piperidine rings is 1. The minimum atomic E-state index is 0.0507. The van der Waals surface area contributed by atoms with Crippen molar-refractivity contribution >= 4 is 32.9 Å². The molecule has 2 heterocycles. The zero-order chi connectivity index (χ0) is 24.2. The van der Waals surface area contributed by atoms with Crippen LogP contribution in [0, 0.1) is 5.92 Å². The van der Waals surface area contributed by atoms with Crippen molar-refractivity contribution < 1.29 is 9.53 Å². The highest BCUT2D eigenvalue weighted by molar-refractivity contribution is 9.10. The third-order valence-corrected chi connectivity index (χ3v) is 7.19. The van der Waals surface area contributed by atoms with Crippen molar-refractivity contribution in [1.29, 1.82) is 0 Å². The molecule has 35 heavy (non-hydrogen) atoms. The lowest BCUT2D eigenvalue weighted by molar-refractivity contribution is -0.126. The quantitative estimate of drug-likeness (QED) is 0.349. The summed E-state index contributed by atoms with van der Waals surface area (Å²) in [6, 6.07) is 24.4. The van der Waals surface area contributed by atoms with Gasteiger partial charge in [0.25, 0.3) is 0 Å². The predicted molar refractivity (Wildman–Crippen MR) is 142 cm³/mol. The van der Waals surface area contributed by atoms with Gasteiger partial charge >= 0.3 is 0 Å². The maximum atomic E-state index is 12.8. The second-order valence-corrected chi connectivity index (χ2v) is 9.86. The Bertz CT molecular complexity index is 1290. The number of hydrogen-bond acceptors (Lipinski definition) is 4. The van der Waals surface area contributed by atoms with Crippen LogP contribution in [0.2, 0.25) is 0 Å². The number of halogens is 1. The summed E-state index contributed by atoms with van der Waals surface area (Å²) in [5.41, 5.74) is 4.28. The molecule has 3 aromatic carbocycles. The third-order valence-electron chi connectivity index (χ3n) is 6.66. The van der Waals surface area contributed by atoms with Gasteiger partial charge in [-0.3, -0.25) is 14.3 Å². The van der Waals surface area contributed by atoms with Crippen LogP contribution in [0.25, 0.3) is 16.7 Å². The van der Waals surface area contributed by atoms with E-state index in [-0.39, 0.29) is 11.8 Å². The van der Waals surface area contributed by atoms with Gasteiger partial charge in [0.1, 0.15) is 11.6 Å². The van der Waals surface area contributed by atoms with Gasteiger partial charge in [-0.15, -0.1) is 0 Å². The molecular weight excluding hydrogens is 504 g/mol. The van der Waals surface area contributed by atoms with E-state index in [0.717, 1.165) is 70.8 Å². The molecular formula is C28H29BrN4O2. The van der Waals surface area contributed by atoms with Crippen molar-refractivity contribution in [3.05, 3.63) is 88.7 Å². The van der Waals surface area contributed by atoms with Crippen molar-refractivity contribution in [3.8, 4) is 11.4 Å². The van der Waals surface area contributed by atoms with Crippen LogP contribution >= 0.6 is 15.9 Å². The van der Waals surface area contributed by atoms with Gasteiger partial charge in [-0.2, -0.15) is 0 Å². The minimum Gasteiger partial charge on any atom is -0.497 e. The highest BCUT2D eigenvalue weighted by Gasteiger charge is 2.26. The first-order valence-corrected chi connectivity index (χ1v) is 12.8. The van der Waals surface area contributed by atoms with Gasteiger partial charge in [0.2, 0.25) is 5.91 Å². The van der Waals surface area contributed by atoms with Crippen LogP contribution in [0.15, 0.2) is 77.3 Å².